The van der Waals surface area contributed by atoms with Crippen molar-refractivity contribution in [1.29, 1.82) is 0 Å². The minimum absolute atomic E-state index is 0.214. The summed E-state index contributed by atoms with van der Waals surface area (Å²) in [4.78, 5) is 23.9. The second-order valence-corrected chi connectivity index (χ2v) is 7.22. The largest absolute Gasteiger partial charge is 0.453 e. The van der Waals surface area contributed by atoms with E-state index >= 15 is 0 Å². The molecule has 0 radical (unpaired) electrons. The summed E-state index contributed by atoms with van der Waals surface area (Å²) in [6.45, 7) is 5.76. The third-order valence-corrected chi connectivity index (χ3v) is 3.68. The van der Waals surface area contributed by atoms with Crippen LogP contribution >= 0.6 is 0 Å². The normalized spacial score (nSPS) is 11.1. The quantitative estimate of drug-likeness (QED) is 0.571. The number of carbonyl (C=O) groups excluding carboxylic acids is 2. The number of carbonyl (C=O) groups is 2. The monoisotopic (exact) mass is 369 g/mol. The zero-order valence-corrected chi connectivity index (χ0v) is 16.1. The predicted octanol–water partition coefficient (Wildman–Crippen LogP) is 4.62. The van der Waals surface area contributed by atoms with Crippen LogP contribution in [0.4, 0.5) is 4.79 Å². The van der Waals surface area contributed by atoms with E-state index in [9.17, 15) is 9.59 Å². The number of amides is 1. The van der Waals surface area contributed by atoms with E-state index in [-0.39, 0.29) is 12.4 Å². The molecule has 27 heavy (non-hydrogen) atoms. The fourth-order valence-corrected chi connectivity index (χ4v) is 2.51. The number of benzene rings is 2. The third kappa shape index (κ3) is 7.52. The van der Waals surface area contributed by atoms with Crippen LogP contribution in [0.15, 0.2) is 60.7 Å². The highest BCUT2D eigenvalue weighted by Crippen LogP contribution is 2.26. The van der Waals surface area contributed by atoms with Gasteiger partial charge in [0.15, 0.2) is 6.10 Å². The molecule has 0 aliphatic rings. The molecular formula is C22H27NO4. The van der Waals surface area contributed by atoms with Crippen LogP contribution in [0.5, 0.6) is 0 Å². The Balaban J connectivity index is 1.87. The second kappa shape index (κ2) is 9.76. The van der Waals surface area contributed by atoms with Crippen molar-refractivity contribution < 1.29 is 19.1 Å². The summed E-state index contributed by atoms with van der Waals surface area (Å²) in [6, 6.07) is 19.3. The SMILES string of the molecule is CC(C)(C)OC(=O)NCCCC(=O)OC(c1ccccc1)c1ccccc1. The standard InChI is InChI=1S/C22H27NO4/c1-22(2,3)27-21(25)23-16-10-15-19(24)26-20(17-11-6-4-7-12-17)18-13-8-5-9-14-18/h4-9,11-14,20H,10,15-16H2,1-3H3,(H,23,25). The molecule has 2 aromatic rings. The van der Waals surface area contributed by atoms with Crippen LogP contribution in [0.3, 0.4) is 0 Å². The summed E-state index contributed by atoms with van der Waals surface area (Å²) in [5.41, 5.74) is 1.30. The van der Waals surface area contributed by atoms with Crippen molar-refractivity contribution in [2.24, 2.45) is 0 Å². The van der Waals surface area contributed by atoms with E-state index in [0.717, 1.165) is 11.1 Å². The molecule has 0 saturated carbocycles. The smallest absolute Gasteiger partial charge is 0.407 e. The molecule has 0 aliphatic heterocycles. The van der Waals surface area contributed by atoms with Gasteiger partial charge in [0.25, 0.3) is 0 Å². The molecule has 2 aromatic carbocycles. The maximum Gasteiger partial charge on any atom is 0.407 e. The topological polar surface area (TPSA) is 64.6 Å². The molecule has 0 heterocycles. The van der Waals surface area contributed by atoms with Gasteiger partial charge in [-0.3, -0.25) is 4.79 Å². The Bertz CT molecular complexity index is 683. The van der Waals surface area contributed by atoms with Crippen LogP contribution < -0.4 is 5.32 Å². The lowest BCUT2D eigenvalue weighted by molar-refractivity contribution is -0.147. The third-order valence-electron chi connectivity index (χ3n) is 3.68. The lowest BCUT2D eigenvalue weighted by Gasteiger charge is -2.20. The number of alkyl carbamates (subject to hydrolysis) is 1. The summed E-state index contributed by atoms with van der Waals surface area (Å²) < 4.78 is 10.9. The van der Waals surface area contributed by atoms with Crippen molar-refractivity contribution in [3.63, 3.8) is 0 Å². The molecule has 0 fully saturated rings. The van der Waals surface area contributed by atoms with Gasteiger partial charge < -0.3 is 14.8 Å². The van der Waals surface area contributed by atoms with Crippen molar-refractivity contribution in [2.45, 2.75) is 45.3 Å². The Morgan fingerprint density at radius 1 is 0.926 bits per heavy atom. The van der Waals surface area contributed by atoms with Crippen molar-refractivity contribution >= 4 is 12.1 Å². The average molecular weight is 369 g/mol. The van der Waals surface area contributed by atoms with Gasteiger partial charge >= 0.3 is 12.1 Å². The Morgan fingerprint density at radius 2 is 1.44 bits per heavy atom. The van der Waals surface area contributed by atoms with Crippen molar-refractivity contribution in [1.82, 2.24) is 5.32 Å². The zero-order chi connectivity index (χ0) is 19.7. The molecule has 0 spiro atoms. The summed E-state index contributed by atoms with van der Waals surface area (Å²) >= 11 is 0. The summed E-state index contributed by atoms with van der Waals surface area (Å²) in [5, 5.41) is 2.64. The summed E-state index contributed by atoms with van der Waals surface area (Å²) in [5.74, 6) is -0.307. The lowest BCUT2D eigenvalue weighted by Crippen LogP contribution is -2.33. The Morgan fingerprint density at radius 3 is 1.93 bits per heavy atom. The van der Waals surface area contributed by atoms with Gasteiger partial charge in [-0.15, -0.1) is 0 Å². The second-order valence-electron chi connectivity index (χ2n) is 7.22. The van der Waals surface area contributed by atoms with Crippen LogP contribution in [-0.2, 0) is 14.3 Å². The predicted molar refractivity (Wildman–Crippen MR) is 104 cm³/mol. The molecular weight excluding hydrogens is 342 g/mol. The molecule has 0 atom stereocenters. The zero-order valence-electron chi connectivity index (χ0n) is 16.1. The number of nitrogens with one attached hydrogen (secondary N) is 1. The minimum atomic E-state index is -0.540. The summed E-state index contributed by atoms with van der Waals surface area (Å²) in [6.07, 6.45) is -0.235. The van der Waals surface area contributed by atoms with Crippen molar-refractivity contribution in [2.75, 3.05) is 6.54 Å². The van der Waals surface area contributed by atoms with Gasteiger partial charge in [-0.2, -0.15) is 0 Å². The van der Waals surface area contributed by atoms with E-state index in [1.807, 2.05) is 60.7 Å². The fraction of sp³-hybridized carbons (Fsp3) is 0.364. The van der Waals surface area contributed by atoms with Crippen LogP contribution in [-0.4, -0.2) is 24.2 Å². The van der Waals surface area contributed by atoms with Gasteiger partial charge in [0, 0.05) is 13.0 Å². The number of rotatable bonds is 7. The highest BCUT2D eigenvalue weighted by molar-refractivity contribution is 5.70. The molecule has 1 N–H and O–H groups in total. The molecule has 0 bridgehead atoms. The number of hydrogen-bond donors (Lipinski definition) is 1. The van der Waals surface area contributed by atoms with Gasteiger partial charge in [0.2, 0.25) is 0 Å². The molecule has 0 aliphatic carbocycles. The van der Waals surface area contributed by atoms with Crippen LogP contribution in [0.25, 0.3) is 0 Å². The van der Waals surface area contributed by atoms with E-state index in [2.05, 4.69) is 5.32 Å². The first kappa shape index (κ1) is 20.5. The molecule has 0 unspecified atom stereocenters. The van der Waals surface area contributed by atoms with Crippen LogP contribution in [0.2, 0.25) is 0 Å². The number of esters is 1. The molecule has 5 nitrogen and oxygen atoms in total. The van der Waals surface area contributed by atoms with E-state index < -0.39 is 17.8 Å². The van der Waals surface area contributed by atoms with E-state index in [0.29, 0.717) is 13.0 Å². The van der Waals surface area contributed by atoms with Crippen LogP contribution in [0, 0.1) is 0 Å². The van der Waals surface area contributed by atoms with Gasteiger partial charge in [0.1, 0.15) is 5.60 Å². The Labute approximate surface area is 160 Å². The van der Waals surface area contributed by atoms with Gasteiger partial charge in [-0.1, -0.05) is 60.7 Å². The average Bonchev–Trinajstić information content (AvgIpc) is 2.63. The van der Waals surface area contributed by atoms with Gasteiger partial charge in [-0.25, -0.2) is 4.79 Å². The highest BCUT2D eigenvalue weighted by atomic mass is 16.6. The fourth-order valence-electron chi connectivity index (χ4n) is 2.51. The van der Waals surface area contributed by atoms with Crippen molar-refractivity contribution in [3.8, 4) is 0 Å². The van der Waals surface area contributed by atoms with Crippen LogP contribution in [0.1, 0.15) is 50.8 Å². The molecule has 5 heteroatoms. The van der Waals surface area contributed by atoms with E-state index in [1.54, 1.807) is 20.8 Å². The molecule has 1 amide bonds. The first-order valence-corrected chi connectivity index (χ1v) is 9.11. The number of hydrogen-bond acceptors (Lipinski definition) is 4. The maximum absolute atomic E-state index is 12.3. The molecule has 2 rings (SSSR count). The first-order chi connectivity index (χ1) is 12.8. The summed E-state index contributed by atoms with van der Waals surface area (Å²) in [7, 11) is 0. The lowest BCUT2D eigenvalue weighted by atomic mass is 10.0. The number of ether oxygens (including phenoxy) is 2. The van der Waals surface area contributed by atoms with Gasteiger partial charge in [-0.05, 0) is 38.3 Å². The van der Waals surface area contributed by atoms with E-state index in [4.69, 9.17) is 9.47 Å². The Hall–Kier alpha value is -2.82. The van der Waals surface area contributed by atoms with Gasteiger partial charge in [0.05, 0.1) is 0 Å². The molecule has 0 saturated heterocycles. The highest BCUT2D eigenvalue weighted by Gasteiger charge is 2.19. The first-order valence-electron chi connectivity index (χ1n) is 9.11. The van der Waals surface area contributed by atoms with Crippen molar-refractivity contribution in [3.05, 3.63) is 71.8 Å². The Kier molecular flexibility index (Phi) is 7.41. The maximum atomic E-state index is 12.3. The van der Waals surface area contributed by atoms with E-state index in [1.165, 1.54) is 0 Å². The minimum Gasteiger partial charge on any atom is -0.453 e. The molecule has 144 valence electrons. The molecule has 0 aromatic heterocycles.